The van der Waals surface area contributed by atoms with Crippen molar-refractivity contribution in [2.75, 3.05) is 11.1 Å². The van der Waals surface area contributed by atoms with Gasteiger partial charge >= 0.3 is 0 Å². The Labute approximate surface area is 95.6 Å². The van der Waals surface area contributed by atoms with Crippen LogP contribution in [0.25, 0.3) is 0 Å². The molecule has 1 heterocycles. The standard InChI is InChI=1S/C9H9N5OS/c1-5-3-2-4-6(7(5)10)8(15)11-9-12-13-14-16-9/h2-4H,10H2,1H3,(H,11,12,14,15). The predicted molar refractivity (Wildman–Crippen MR) is 61.2 cm³/mol. The molecule has 0 bridgehead atoms. The summed E-state index contributed by atoms with van der Waals surface area (Å²) < 4.78 is 3.54. The molecule has 0 saturated carbocycles. The summed E-state index contributed by atoms with van der Waals surface area (Å²) in [5, 5.41) is 9.92. The molecule has 1 aromatic heterocycles. The fraction of sp³-hybridized carbons (Fsp3) is 0.111. The van der Waals surface area contributed by atoms with Gasteiger partial charge in [0.15, 0.2) is 0 Å². The van der Waals surface area contributed by atoms with Crippen LogP contribution in [-0.2, 0) is 0 Å². The van der Waals surface area contributed by atoms with E-state index in [0.717, 1.165) is 17.1 Å². The summed E-state index contributed by atoms with van der Waals surface area (Å²) in [4.78, 5) is 11.8. The zero-order chi connectivity index (χ0) is 11.5. The second-order valence-corrected chi connectivity index (χ2v) is 3.89. The lowest BCUT2D eigenvalue weighted by molar-refractivity contribution is 0.102. The molecule has 0 unspecified atom stereocenters. The zero-order valence-corrected chi connectivity index (χ0v) is 9.28. The number of amides is 1. The average Bonchev–Trinajstić information content (AvgIpc) is 2.74. The Bertz CT molecular complexity index is 511. The third-order valence-corrected chi connectivity index (χ3v) is 2.60. The quantitative estimate of drug-likeness (QED) is 0.759. The highest BCUT2D eigenvalue weighted by atomic mass is 32.1. The topological polar surface area (TPSA) is 93.8 Å². The first-order chi connectivity index (χ1) is 7.68. The van der Waals surface area contributed by atoms with E-state index in [2.05, 4.69) is 20.1 Å². The summed E-state index contributed by atoms with van der Waals surface area (Å²) in [7, 11) is 0. The number of nitrogen functional groups attached to an aromatic ring is 1. The van der Waals surface area contributed by atoms with E-state index in [4.69, 9.17) is 5.73 Å². The molecule has 1 aromatic carbocycles. The number of benzene rings is 1. The summed E-state index contributed by atoms with van der Waals surface area (Å²) in [5.74, 6) is -0.306. The molecule has 7 heteroatoms. The maximum atomic E-state index is 11.8. The third-order valence-electron chi connectivity index (χ3n) is 2.09. The lowest BCUT2D eigenvalue weighted by atomic mass is 10.1. The monoisotopic (exact) mass is 235 g/mol. The molecule has 3 N–H and O–H groups in total. The Balaban J connectivity index is 2.24. The van der Waals surface area contributed by atoms with Crippen molar-refractivity contribution in [1.82, 2.24) is 14.8 Å². The second kappa shape index (κ2) is 4.23. The number of nitrogens with two attached hydrogens (primary N) is 1. The molecule has 0 atom stereocenters. The van der Waals surface area contributed by atoms with E-state index in [-0.39, 0.29) is 5.91 Å². The van der Waals surface area contributed by atoms with Gasteiger partial charge in [0.2, 0.25) is 5.13 Å². The minimum atomic E-state index is -0.306. The summed E-state index contributed by atoms with van der Waals surface area (Å²) in [6, 6.07) is 5.28. The number of aromatic nitrogens is 3. The number of para-hydroxylation sites is 1. The van der Waals surface area contributed by atoms with E-state index >= 15 is 0 Å². The predicted octanol–water partition coefficient (Wildman–Crippen LogP) is 1.08. The molecular formula is C9H9N5OS. The van der Waals surface area contributed by atoms with Crippen molar-refractivity contribution in [3.8, 4) is 0 Å². The largest absolute Gasteiger partial charge is 0.398 e. The molecule has 0 aliphatic carbocycles. The molecule has 1 amide bonds. The number of aryl methyl sites for hydroxylation is 1. The molecule has 82 valence electrons. The number of nitrogens with one attached hydrogen (secondary N) is 1. The van der Waals surface area contributed by atoms with Crippen LogP contribution in [0.3, 0.4) is 0 Å². The van der Waals surface area contributed by atoms with E-state index in [1.807, 2.05) is 13.0 Å². The number of nitrogens with zero attached hydrogens (tertiary/aromatic N) is 3. The highest BCUT2D eigenvalue weighted by molar-refractivity contribution is 7.09. The van der Waals surface area contributed by atoms with Gasteiger partial charge in [-0.25, -0.2) is 0 Å². The molecule has 16 heavy (non-hydrogen) atoms. The van der Waals surface area contributed by atoms with Crippen molar-refractivity contribution in [1.29, 1.82) is 0 Å². The molecular weight excluding hydrogens is 226 g/mol. The molecule has 0 fully saturated rings. The van der Waals surface area contributed by atoms with E-state index in [0.29, 0.717) is 16.4 Å². The third kappa shape index (κ3) is 1.98. The van der Waals surface area contributed by atoms with Gasteiger partial charge in [0.05, 0.1) is 5.56 Å². The molecule has 0 radical (unpaired) electrons. The molecule has 2 rings (SSSR count). The van der Waals surface area contributed by atoms with E-state index in [9.17, 15) is 4.79 Å². The van der Waals surface area contributed by atoms with Crippen LogP contribution in [-0.4, -0.2) is 20.7 Å². The highest BCUT2D eigenvalue weighted by Crippen LogP contribution is 2.18. The second-order valence-electron chi connectivity index (χ2n) is 3.16. The average molecular weight is 235 g/mol. The first-order valence-corrected chi connectivity index (χ1v) is 5.27. The van der Waals surface area contributed by atoms with Gasteiger partial charge < -0.3 is 5.73 Å². The van der Waals surface area contributed by atoms with Gasteiger partial charge in [-0.3, -0.25) is 10.1 Å². The Kier molecular flexibility index (Phi) is 2.78. The van der Waals surface area contributed by atoms with Gasteiger partial charge in [-0.15, -0.1) is 0 Å². The van der Waals surface area contributed by atoms with Crippen LogP contribution in [0.15, 0.2) is 18.2 Å². The number of rotatable bonds is 2. The van der Waals surface area contributed by atoms with Crippen LogP contribution in [0.1, 0.15) is 15.9 Å². The van der Waals surface area contributed by atoms with Gasteiger partial charge in [0, 0.05) is 17.2 Å². The first kappa shape index (κ1) is 10.5. The SMILES string of the molecule is Cc1cccc(C(=O)Nc2nnns2)c1N. The Morgan fingerprint density at radius 1 is 1.50 bits per heavy atom. The van der Waals surface area contributed by atoms with E-state index in [1.54, 1.807) is 12.1 Å². The Morgan fingerprint density at radius 2 is 2.31 bits per heavy atom. The number of hydrogen-bond acceptors (Lipinski definition) is 6. The summed E-state index contributed by atoms with van der Waals surface area (Å²) >= 11 is 1.01. The van der Waals surface area contributed by atoms with Gasteiger partial charge in [-0.05, 0) is 23.8 Å². The molecule has 2 aromatic rings. The van der Waals surface area contributed by atoms with Gasteiger partial charge in [0.1, 0.15) is 0 Å². The van der Waals surface area contributed by atoms with Gasteiger partial charge in [0.25, 0.3) is 5.91 Å². The lowest BCUT2D eigenvalue weighted by Gasteiger charge is -2.06. The fourth-order valence-electron chi connectivity index (χ4n) is 1.22. The Morgan fingerprint density at radius 3 is 3.00 bits per heavy atom. The van der Waals surface area contributed by atoms with Crippen molar-refractivity contribution >= 4 is 28.3 Å². The number of hydrogen-bond donors (Lipinski definition) is 2. The van der Waals surface area contributed by atoms with Crippen LogP contribution in [0, 0.1) is 6.92 Å². The molecule has 6 nitrogen and oxygen atoms in total. The van der Waals surface area contributed by atoms with E-state index in [1.165, 1.54) is 0 Å². The van der Waals surface area contributed by atoms with Crippen LogP contribution < -0.4 is 11.1 Å². The number of carbonyl (C=O) groups excluding carboxylic acids is 1. The summed E-state index contributed by atoms with van der Waals surface area (Å²) in [6.07, 6.45) is 0. The van der Waals surface area contributed by atoms with Gasteiger partial charge in [-0.2, -0.15) is 0 Å². The number of anilines is 2. The normalized spacial score (nSPS) is 10.1. The maximum Gasteiger partial charge on any atom is 0.259 e. The molecule has 0 aliphatic rings. The van der Waals surface area contributed by atoms with Crippen molar-refractivity contribution in [3.63, 3.8) is 0 Å². The van der Waals surface area contributed by atoms with Gasteiger partial charge in [-0.1, -0.05) is 21.7 Å². The number of carbonyl (C=O) groups is 1. The van der Waals surface area contributed by atoms with E-state index < -0.39 is 0 Å². The lowest BCUT2D eigenvalue weighted by Crippen LogP contribution is -2.14. The van der Waals surface area contributed by atoms with Crippen molar-refractivity contribution in [3.05, 3.63) is 29.3 Å². The van der Waals surface area contributed by atoms with Crippen LogP contribution in [0.5, 0.6) is 0 Å². The van der Waals surface area contributed by atoms with Crippen LogP contribution in [0.2, 0.25) is 0 Å². The zero-order valence-electron chi connectivity index (χ0n) is 8.47. The minimum absolute atomic E-state index is 0.306. The minimum Gasteiger partial charge on any atom is -0.398 e. The smallest absolute Gasteiger partial charge is 0.259 e. The molecule has 0 saturated heterocycles. The molecule has 0 spiro atoms. The molecule has 0 aliphatic heterocycles. The van der Waals surface area contributed by atoms with Crippen molar-refractivity contribution in [2.45, 2.75) is 6.92 Å². The fourth-order valence-corrected chi connectivity index (χ4v) is 1.59. The van der Waals surface area contributed by atoms with Crippen LogP contribution in [0.4, 0.5) is 10.8 Å². The summed E-state index contributed by atoms with van der Waals surface area (Å²) in [6.45, 7) is 1.85. The first-order valence-electron chi connectivity index (χ1n) is 4.50. The maximum absolute atomic E-state index is 11.8. The highest BCUT2D eigenvalue weighted by Gasteiger charge is 2.12. The summed E-state index contributed by atoms with van der Waals surface area (Å²) in [5.41, 5.74) is 7.56. The Hall–Kier alpha value is -2.02. The van der Waals surface area contributed by atoms with Crippen LogP contribution >= 0.6 is 11.5 Å². The van der Waals surface area contributed by atoms with Crippen molar-refractivity contribution in [2.24, 2.45) is 0 Å². The van der Waals surface area contributed by atoms with Crippen molar-refractivity contribution < 1.29 is 4.79 Å².